The molecule has 1 unspecified atom stereocenters. The number of benzene rings is 1. The Labute approximate surface area is 155 Å². The zero-order valence-electron chi connectivity index (χ0n) is 14.6. The fraction of sp³-hybridized carbons (Fsp3) is 0.556. The molecule has 0 aromatic heterocycles. The molecule has 1 aliphatic rings. The number of rotatable bonds is 6. The Bertz CT molecular complexity index is 620. The summed E-state index contributed by atoms with van der Waals surface area (Å²) in [6.07, 6.45) is 3.39. The van der Waals surface area contributed by atoms with E-state index in [1.807, 2.05) is 6.92 Å². The Hall–Kier alpha value is -1.70. The number of carbonyl (C=O) groups excluding carboxylic acids is 2. The lowest BCUT2D eigenvalue weighted by molar-refractivity contribution is -0.126. The molecule has 144 valence electrons. The molecule has 1 N–H and O–H groups in total. The number of alkyl halides is 3. The number of hydrogen-bond donors (Lipinski definition) is 1. The van der Waals surface area contributed by atoms with Crippen molar-refractivity contribution in [1.82, 2.24) is 10.2 Å². The summed E-state index contributed by atoms with van der Waals surface area (Å²) in [5.74, 6) is -0.517. The lowest BCUT2D eigenvalue weighted by Gasteiger charge is -2.32. The van der Waals surface area contributed by atoms with Crippen molar-refractivity contribution in [3.8, 4) is 0 Å². The molecule has 1 fully saturated rings. The molecule has 1 aromatic rings. The first-order chi connectivity index (χ1) is 12.3. The minimum Gasteiger partial charge on any atom is -0.356 e. The first-order valence-corrected chi connectivity index (χ1v) is 9.54. The fourth-order valence-electron chi connectivity index (χ4n) is 2.89. The van der Waals surface area contributed by atoms with E-state index in [4.69, 9.17) is 0 Å². The van der Waals surface area contributed by atoms with Gasteiger partial charge in [-0.25, -0.2) is 0 Å². The summed E-state index contributed by atoms with van der Waals surface area (Å²) in [5.41, 5.74) is -4.01. The summed E-state index contributed by atoms with van der Waals surface area (Å²) < 4.78 is 37.1. The highest BCUT2D eigenvalue weighted by atomic mass is 32.2. The van der Waals surface area contributed by atoms with Crippen LogP contribution in [0.2, 0.25) is 0 Å². The SMILES string of the molecule is CCCCNC(=O)C1CCCN(C(=O)c2ccc(SC(F)(F)F)cc2)C1. The maximum atomic E-state index is 12.6. The van der Waals surface area contributed by atoms with Gasteiger partial charge in [0.2, 0.25) is 5.91 Å². The second-order valence-electron chi connectivity index (χ2n) is 6.31. The molecule has 0 aliphatic carbocycles. The van der Waals surface area contributed by atoms with Gasteiger partial charge in [0.25, 0.3) is 5.91 Å². The van der Waals surface area contributed by atoms with Gasteiger partial charge in [0.05, 0.1) is 5.92 Å². The second kappa shape index (κ2) is 9.30. The van der Waals surface area contributed by atoms with Crippen LogP contribution in [0.5, 0.6) is 0 Å². The van der Waals surface area contributed by atoms with Crippen LogP contribution in [0.1, 0.15) is 43.0 Å². The highest BCUT2D eigenvalue weighted by Gasteiger charge is 2.30. The van der Waals surface area contributed by atoms with Gasteiger partial charge in [-0.3, -0.25) is 9.59 Å². The number of piperidine rings is 1. The van der Waals surface area contributed by atoms with Crippen LogP contribution in [-0.2, 0) is 4.79 Å². The monoisotopic (exact) mass is 388 g/mol. The van der Waals surface area contributed by atoms with Crippen LogP contribution in [0.4, 0.5) is 13.2 Å². The average Bonchev–Trinajstić information content (AvgIpc) is 2.60. The molecule has 1 saturated heterocycles. The third kappa shape index (κ3) is 6.23. The average molecular weight is 388 g/mol. The van der Waals surface area contributed by atoms with Crippen molar-refractivity contribution in [3.63, 3.8) is 0 Å². The predicted molar refractivity (Wildman–Crippen MR) is 94.9 cm³/mol. The van der Waals surface area contributed by atoms with Crippen LogP contribution in [0.25, 0.3) is 0 Å². The van der Waals surface area contributed by atoms with E-state index in [1.165, 1.54) is 24.3 Å². The van der Waals surface area contributed by atoms with Crippen LogP contribution < -0.4 is 5.32 Å². The van der Waals surface area contributed by atoms with Crippen molar-refractivity contribution in [2.75, 3.05) is 19.6 Å². The molecular weight excluding hydrogens is 365 g/mol. The number of unbranched alkanes of at least 4 members (excludes halogenated alkanes) is 1. The maximum Gasteiger partial charge on any atom is 0.446 e. The molecule has 1 aliphatic heterocycles. The van der Waals surface area contributed by atoms with E-state index >= 15 is 0 Å². The smallest absolute Gasteiger partial charge is 0.356 e. The molecule has 2 rings (SSSR count). The van der Waals surface area contributed by atoms with Gasteiger partial charge in [-0.05, 0) is 55.3 Å². The quantitative estimate of drug-likeness (QED) is 0.590. The molecule has 8 heteroatoms. The molecule has 4 nitrogen and oxygen atoms in total. The van der Waals surface area contributed by atoms with Gasteiger partial charge < -0.3 is 10.2 Å². The van der Waals surface area contributed by atoms with E-state index in [1.54, 1.807) is 4.90 Å². The number of likely N-dealkylation sites (tertiary alicyclic amines) is 1. The molecule has 1 atom stereocenters. The summed E-state index contributed by atoms with van der Waals surface area (Å²) in [4.78, 5) is 26.4. The first kappa shape index (κ1) is 20.6. The van der Waals surface area contributed by atoms with Gasteiger partial charge >= 0.3 is 5.51 Å². The second-order valence-corrected chi connectivity index (χ2v) is 7.45. The summed E-state index contributed by atoms with van der Waals surface area (Å²) in [7, 11) is 0. The minimum absolute atomic E-state index is 0.0344. The van der Waals surface area contributed by atoms with E-state index in [9.17, 15) is 22.8 Å². The van der Waals surface area contributed by atoms with E-state index in [-0.39, 0.29) is 34.4 Å². The fourth-order valence-corrected chi connectivity index (χ4v) is 3.43. The minimum atomic E-state index is -4.35. The van der Waals surface area contributed by atoms with E-state index in [2.05, 4.69) is 5.32 Å². The van der Waals surface area contributed by atoms with E-state index in [0.717, 1.165) is 25.7 Å². The van der Waals surface area contributed by atoms with Crippen LogP contribution in [0.15, 0.2) is 29.2 Å². The van der Waals surface area contributed by atoms with Crippen molar-refractivity contribution in [3.05, 3.63) is 29.8 Å². The van der Waals surface area contributed by atoms with Gasteiger partial charge in [-0.2, -0.15) is 13.2 Å². The predicted octanol–water partition coefficient (Wildman–Crippen LogP) is 4.07. The Morgan fingerprint density at radius 1 is 1.27 bits per heavy atom. The molecule has 0 radical (unpaired) electrons. The Kier molecular flexibility index (Phi) is 7.37. The van der Waals surface area contributed by atoms with Crippen molar-refractivity contribution in [1.29, 1.82) is 0 Å². The largest absolute Gasteiger partial charge is 0.446 e. The molecule has 26 heavy (non-hydrogen) atoms. The molecule has 0 bridgehead atoms. The Morgan fingerprint density at radius 2 is 1.96 bits per heavy atom. The molecule has 0 saturated carbocycles. The van der Waals surface area contributed by atoms with Crippen LogP contribution in [0.3, 0.4) is 0 Å². The number of amides is 2. The number of nitrogens with one attached hydrogen (secondary N) is 1. The summed E-state index contributed by atoms with van der Waals surface area (Å²) in [6, 6.07) is 5.40. The van der Waals surface area contributed by atoms with Crippen molar-refractivity contribution < 1.29 is 22.8 Å². The Balaban J connectivity index is 1.95. The molecular formula is C18H23F3N2O2S. The number of carbonyl (C=O) groups is 2. The number of hydrogen-bond acceptors (Lipinski definition) is 3. The van der Waals surface area contributed by atoms with Gasteiger partial charge in [0.15, 0.2) is 0 Å². The highest BCUT2D eigenvalue weighted by Crippen LogP contribution is 2.36. The van der Waals surface area contributed by atoms with E-state index in [0.29, 0.717) is 25.2 Å². The number of thioether (sulfide) groups is 1. The summed E-state index contributed by atoms with van der Waals surface area (Å²) >= 11 is -0.207. The van der Waals surface area contributed by atoms with Crippen LogP contribution >= 0.6 is 11.8 Å². The molecule has 1 aromatic carbocycles. The topological polar surface area (TPSA) is 49.4 Å². The zero-order chi connectivity index (χ0) is 19.2. The van der Waals surface area contributed by atoms with Crippen molar-refractivity contribution in [2.45, 2.75) is 43.0 Å². The molecule has 1 heterocycles. The van der Waals surface area contributed by atoms with Crippen LogP contribution in [0, 0.1) is 5.92 Å². The lowest BCUT2D eigenvalue weighted by atomic mass is 9.96. The standard InChI is InChI=1S/C18H23F3N2O2S/c1-2-3-10-22-16(24)14-5-4-11-23(12-14)17(25)13-6-8-15(9-7-13)26-18(19,20)21/h6-9,14H,2-5,10-12H2,1H3,(H,22,24). The maximum absolute atomic E-state index is 12.6. The first-order valence-electron chi connectivity index (χ1n) is 8.73. The summed E-state index contributed by atoms with van der Waals surface area (Å²) in [5, 5.41) is 2.90. The van der Waals surface area contributed by atoms with Gasteiger partial charge in [0.1, 0.15) is 0 Å². The molecule has 2 amide bonds. The summed E-state index contributed by atoms with van der Waals surface area (Å²) in [6.45, 7) is 3.58. The third-order valence-electron chi connectivity index (χ3n) is 4.24. The Morgan fingerprint density at radius 3 is 2.58 bits per heavy atom. The third-order valence-corrected chi connectivity index (χ3v) is 4.98. The van der Waals surface area contributed by atoms with Crippen molar-refractivity contribution in [2.24, 2.45) is 5.92 Å². The van der Waals surface area contributed by atoms with Crippen molar-refractivity contribution >= 4 is 23.6 Å². The van der Waals surface area contributed by atoms with Gasteiger partial charge in [0, 0.05) is 30.1 Å². The number of halogens is 3. The van der Waals surface area contributed by atoms with Crippen LogP contribution in [-0.4, -0.2) is 41.9 Å². The highest BCUT2D eigenvalue weighted by molar-refractivity contribution is 8.00. The zero-order valence-corrected chi connectivity index (χ0v) is 15.5. The van der Waals surface area contributed by atoms with Gasteiger partial charge in [-0.15, -0.1) is 0 Å². The number of nitrogens with zero attached hydrogens (tertiary/aromatic N) is 1. The van der Waals surface area contributed by atoms with E-state index < -0.39 is 5.51 Å². The lowest BCUT2D eigenvalue weighted by Crippen LogP contribution is -2.45. The van der Waals surface area contributed by atoms with Gasteiger partial charge in [-0.1, -0.05) is 13.3 Å². The molecule has 0 spiro atoms. The normalized spacial score (nSPS) is 17.8.